The Bertz CT molecular complexity index is 546. The quantitative estimate of drug-likeness (QED) is 0.783. The van der Waals surface area contributed by atoms with Crippen LogP contribution >= 0.6 is 27.3 Å². The number of likely N-dealkylation sites (tertiary alicyclic amines) is 2. The van der Waals surface area contributed by atoms with Gasteiger partial charge in [0.25, 0.3) is 5.91 Å². The van der Waals surface area contributed by atoms with Crippen molar-refractivity contribution in [3.05, 3.63) is 20.8 Å². The number of hydrogen-bond acceptors (Lipinski definition) is 3. The highest BCUT2D eigenvalue weighted by atomic mass is 79.9. The summed E-state index contributed by atoms with van der Waals surface area (Å²) in [7, 11) is 0. The molecular weight excluding hydrogens is 364 g/mol. The summed E-state index contributed by atoms with van der Waals surface area (Å²) < 4.78 is 0.978. The van der Waals surface area contributed by atoms with Crippen LogP contribution in [0.3, 0.4) is 0 Å². The van der Waals surface area contributed by atoms with Gasteiger partial charge in [0, 0.05) is 37.5 Å². The minimum absolute atomic E-state index is 0.0887. The van der Waals surface area contributed by atoms with Crippen LogP contribution in [0.2, 0.25) is 0 Å². The van der Waals surface area contributed by atoms with Gasteiger partial charge >= 0.3 is 0 Å². The predicted octanol–water partition coefficient (Wildman–Crippen LogP) is 3.38. The summed E-state index contributed by atoms with van der Waals surface area (Å²) in [6, 6.07) is 1.87. The first-order valence-corrected chi connectivity index (χ1v) is 9.64. The van der Waals surface area contributed by atoms with Crippen LogP contribution < -0.4 is 0 Å². The molecule has 0 unspecified atom stereocenters. The molecule has 0 bridgehead atoms. The van der Waals surface area contributed by atoms with Gasteiger partial charge < -0.3 is 9.80 Å². The van der Waals surface area contributed by atoms with Gasteiger partial charge in [-0.1, -0.05) is 0 Å². The third-order valence-electron chi connectivity index (χ3n) is 4.61. The van der Waals surface area contributed by atoms with E-state index in [0.717, 1.165) is 48.1 Å². The van der Waals surface area contributed by atoms with Crippen molar-refractivity contribution in [3.63, 3.8) is 0 Å². The van der Waals surface area contributed by atoms with Gasteiger partial charge in [0.1, 0.15) is 0 Å². The van der Waals surface area contributed by atoms with Gasteiger partial charge in [-0.3, -0.25) is 9.59 Å². The van der Waals surface area contributed by atoms with Crippen molar-refractivity contribution in [2.24, 2.45) is 5.92 Å². The normalized spacial score (nSPS) is 20.2. The first kappa shape index (κ1) is 16.0. The monoisotopic (exact) mass is 384 g/mol. The van der Waals surface area contributed by atoms with Crippen LogP contribution in [-0.2, 0) is 4.79 Å². The van der Waals surface area contributed by atoms with E-state index in [4.69, 9.17) is 0 Å². The van der Waals surface area contributed by atoms with Gasteiger partial charge in [0.05, 0.1) is 9.35 Å². The zero-order valence-corrected chi connectivity index (χ0v) is 15.0. The number of carbonyl (C=O) groups excluding carboxylic acids is 2. The molecule has 6 heteroatoms. The molecule has 0 aromatic carbocycles. The Labute approximate surface area is 143 Å². The van der Waals surface area contributed by atoms with Gasteiger partial charge in [-0.2, -0.15) is 0 Å². The Morgan fingerprint density at radius 1 is 1.05 bits per heavy atom. The van der Waals surface area contributed by atoms with Gasteiger partial charge in [0.2, 0.25) is 5.91 Å². The third kappa shape index (κ3) is 3.54. The zero-order chi connectivity index (χ0) is 15.5. The molecule has 1 aromatic heterocycles. The molecule has 0 radical (unpaired) electrons. The van der Waals surface area contributed by atoms with E-state index >= 15 is 0 Å². The van der Waals surface area contributed by atoms with E-state index in [1.54, 1.807) is 0 Å². The molecule has 0 atom stereocenters. The molecule has 0 spiro atoms. The molecule has 0 saturated carbocycles. The van der Waals surface area contributed by atoms with Crippen LogP contribution in [-0.4, -0.2) is 47.8 Å². The van der Waals surface area contributed by atoms with Gasteiger partial charge in [-0.25, -0.2) is 0 Å². The average Bonchev–Trinajstić information content (AvgIpc) is 3.01. The summed E-state index contributed by atoms with van der Waals surface area (Å²) in [4.78, 5) is 28.8. The fourth-order valence-electron chi connectivity index (χ4n) is 3.31. The lowest BCUT2D eigenvalue weighted by Gasteiger charge is -2.35. The first-order chi connectivity index (χ1) is 10.6. The molecule has 0 N–H and O–H groups in total. The zero-order valence-electron chi connectivity index (χ0n) is 12.6. The molecule has 2 amide bonds. The first-order valence-electron chi connectivity index (χ1n) is 7.97. The van der Waals surface area contributed by atoms with Gasteiger partial charge in [0.15, 0.2) is 0 Å². The molecule has 2 aliphatic heterocycles. The second-order valence-electron chi connectivity index (χ2n) is 6.09. The largest absolute Gasteiger partial charge is 0.342 e. The molecule has 4 nitrogen and oxygen atoms in total. The Morgan fingerprint density at radius 2 is 1.73 bits per heavy atom. The van der Waals surface area contributed by atoms with Crippen molar-refractivity contribution in [2.75, 3.05) is 26.2 Å². The maximum Gasteiger partial charge on any atom is 0.254 e. The van der Waals surface area contributed by atoms with Crippen LogP contribution in [0.1, 0.15) is 42.5 Å². The van der Waals surface area contributed by atoms with E-state index in [1.165, 1.54) is 17.8 Å². The minimum atomic E-state index is 0.0887. The maximum absolute atomic E-state index is 12.5. The number of thiophene rings is 1. The van der Waals surface area contributed by atoms with Crippen molar-refractivity contribution in [1.82, 2.24) is 9.80 Å². The van der Waals surface area contributed by atoms with Crippen molar-refractivity contribution in [3.8, 4) is 0 Å². The smallest absolute Gasteiger partial charge is 0.254 e. The number of nitrogens with zero attached hydrogens (tertiary/aromatic N) is 2. The molecule has 2 fully saturated rings. The van der Waals surface area contributed by atoms with E-state index in [9.17, 15) is 9.59 Å². The topological polar surface area (TPSA) is 40.6 Å². The summed E-state index contributed by atoms with van der Waals surface area (Å²) in [6.07, 6.45) is 5.11. The number of carbonyl (C=O) groups is 2. The summed E-state index contributed by atoms with van der Waals surface area (Å²) in [5.74, 6) is 0.507. The second-order valence-corrected chi connectivity index (χ2v) is 8.38. The molecule has 120 valence electrons. The van der Waals surface area contributed by atoms with E-state index in [-0.39, 0.29) is 11.8 Å². The highest BCUT2D eigenvalue weighted by Crippen LogP contribution is 2.25. The SMILES string of the molecule is O=C(c1csc(Br)c1)N1CCC(C(=O)N2CCCCC2)CC1. The number of halogens is 1. The highest BCUT2D eigenvalue weighted by molar-refractivity contribution is 9.11. The number of amides is 2. The molecule has 1 aromatic rings. The summed E-state index contributed by atoms with van der Waals surface area (Å²) in [6.45, 7) is 3.22. The summed E-state index contributed by atoms with van der Waals surface area (Å²) >= 11 is 4.92. The Hall–Kier alpha value is -0.880. The Morgan fingerprint density at radius 3 is 2.32 bits per heavy atom. The van der Waals surface area contributed by atoms with E-state index in [0.29, 0.717) is 19.0 Å². The van der Waals surface area contributed by atoms with Crippen LogP contribution in [0.4, 0.5) is 0 Å². The predicted molar refractivity (Wildman–Crippen MR) is 91.1 cm³/mol. The lowest BCUT2D eigenvalue weighted by molar-refractivity contribution is -0.137. The maximum atomic E-state index is 12.5. The van der Waals surface area contributed by atoms with Gasteiger partial charge in [-0.15, -0.1) is 11.3 Å². The van der Waals surface area contributed by atoms with E-state index in [2.05, 4.69) is 15.9 Å². The molecule has 22 heavy (non-hydrogen) atoms. The lowest BCUT2D eigenvalue weighted by atomic mass is 9.94. The van der Waals surface area contributed by atoms with Crippen molar-refractivity contribution < 1.29 is 9.59 Å². The van der Waals surface area contributed by atoms with Crippen LogP contribution in [0.25, 0.3) is 0 Å². The minimum Gasteiger partial charge on any atom is -0.342 e. The van der Waals surface area contributed by atoms with Crippen LogP contribution in [0.15, 0.2) is 15.2 Å². The molecule has 3 rings (SSSR count). The molecular formula is C16H21BrN2O2S. The van der Waals surface area contributed by atoms with Crippen molar-refractivity contribution in [2.45, 2.75) is 32.1 Å². The number of piperidine rings is 2. The number of hydrogen-bond donors (Lipinski definition) is 0. The highest BCUT2D eigenvalue weighted by Gasteiger charge is 2.31. The Kier molecular flexibility index (Phi) is 5.18. The summed E-state index contributed by atoms with van der Waals surface area (Å²) in [5.41, 5.74) is 0.748. The standard InChI is InChI=1S/C16H21BrN2O2S/c17-14-10-13(11-22-14)16(21)19-8-4-12(5-9-19)15(20)18-6-2-1-3-7-18/h10-12H,1-9H2. The van der Waals surface area contributed by atoms with Crippen LogP contribution in [0, 0.1) is 5.92 Å². The van der Waals surface area contributed by atoms with E-state index < -0.39 is 0 Å². The van der Waals surface area contributed by atoms with Crippen molar-refractivity contribution >= 4 is 39.1 Å². The van der Waals surface area contributed by atoms with Crippen LogP contribution in [0.5, 0.6) is 0 Å². The number of rotatable bonds is 2. The molecule has 2 saturated heterocycles. The lowest BCUT2D eigenvalue weighted by Crippen LogP contribution is -2.45. The Balaban J connectivity index is 1.53. The average molecular weight is 385 g/mol. The molecule has 3 heterocycles. The van der Waals surface area contributed by atoms with Gasteiger partial charge in [-0.05, 0) is 54.1 Å². The van der Waals surface area contributed by atoms with E-state index in [1.807, 2.05) is 21.2 Å². The third-order valence-corrected chi connectivity index (χ3v) is 6.12. The molecule has 0 aliphatic carbocycles. The summed E-state index contributed by atoms with van der Waals surface area (Å²) in [5, 5.41) is 1.89. The molecule has 2 aliphatic rings. The second kappa shape index (κ2) is 7.13. The van der Waals surface area contributed by atoms with Crippen molar-refractivity contribution in [1.29, 1.82) is 0 Å². The fourth-order valence-corrected chi connectivity index (χ4v) is 4.44. The fraction of sp³-hybridized carbons (Fsp3) is 0.625.